The van der Waals surface area contributed by atoms with Crippen LogP contribution in [-0.2, 0) is 14.4 Å². The van der Waals surface area contributed by atoms with Gasteiger partial charge in [0, 0.05) is 0 Å². The first kappa shape index (κ1) is 36.1. The summed E-state index contributed by atoms with van der Waals surface area (Å²) in [5, 5.41) is 27.4. The molecule has 0 fully saturated rings. The number of carboxylic acid groups (broad SMARTS) is 3. The summed E-state index contributed by atoms with van der Waals surface area (Å²) in [7, 11) is 0. The Kier molecular flexibility index (Phi) is 24.1. The Bertz CT molecular complexity index is 588. The van der Waals surface area contributed by atoms with Crippen LogP contribution in [0.25, 0.3) is 0 Å². The van der Waals surface area contributed by atoms with Crippen LogP contribution in [0.15, 0.2) is 12.2 Å². The van der Waals surface area contributed by atoms with Crippen LogP contribution >= 0.6 is 0 Å². The summed E-state index contributed by atoms with van der Waals surface area (Å²) < 4.78 is 0.260. The maximum atomic E-state index is 11.1. The molecule has 0 bridgehead atoms. The molecule has 0 spiro atoms. The van der Waals surface area contributed by atoms with Crippen LogP contribution in [0.5, 0.6) is 0 Å². The van der Waals surface area contributed by atoms with Crippen molar-refractivity contribution in [3.63, 3.8) is 0 Å². The Morgan fingerprint density at radius 1 is 0.474 bits per heavy atom. The first-order chi connectivity index (χ1) is 18.3. The zero-order chi connectivity index (χ0) is 28.3. The molecule has 0 aliphatic rings. The van der Waals surface area contributed by atoms with Gasteiger partial charge in [0.1, 0.15) is 0 Å². The minimum atomic E-state index is -0.934. The molecule has 7 nitrogen and oxygen atoms in total. The highest BCUT2D eigenvalue weighted by molar-refractivity contribution is 5.67. The van der Waals surface area contributed by atoms with Crippen LogP contribution in [0.3, 0.4) is 0 Å². The minimum Gasteiger partial charge on any atom is -0.481 e. The second-order valence-corrected chi connectivity index (χ2v) is 11.0. The van der Waals surface area contributed by atoms with Gasteiger partial charge in [0.25, 0.3) is 0 Å². The second kappa shape index (κ2) is 25.4. The molecular weight excluding hydrogens is 482 g/mol. The number of rotatable bonds is 29. The zero-order valence-electron chi connectivity index (χ0n) is 24.3. The fourth-order valence-electron chi connectivity index (χ4n) is 5.07. The van der Waals surface area contributed by atoms with E-state index in [1.807, 2.05) is 0 Å². The van der Waals surface area contributed by atoms with Gasteiger partial charge in [-0.15, -0.1) is 0 Å². The van der Waals surface area contributed by atoms with E-state index in [4.69, 9.17) is 15.3 Å². The van der Waals surface area contributed by atoms with Gasteiger partial charge in [0.15, 0.2) is 0 Å². The third-order valence-corrected chi connectivity index (χ3v) is 7.54. The topological polar surface area (TPSA) is 112 Å². The van der Waals surface area contributed by atoms with Gasteiger partial charge in [-0.2, -0.15) is 0 Å². The van der Waals surface area contributed by atoms with Gasteiger partial charge >= 0.3 is 17.9 Å². The van der Waals surface area contributed by atoms with Crippen molar-refractivity contribution in [3.05, 3.63) is 12.2 Å². The lowest BCUT2D eigenvalue weighted by Crippen LogP contribution is -2.52. The first-order valence-corrected chi connectivity index (χ1v) is 15.5. The van der Waals surface area contributed by atoms with E-state index in [2.05, 4.69) is 19.1 Å². The van der Waals surface area contributed by atoms with Gasteiger partial charge in [-0.05, 0) is 38.5 Å². The number of allylic oxidation sites excluding steroid dienone is 2. The first-order valence-electron chi connectivity index (χ1n) is 15.5. The van der Waals surface area contributed by atoms with E-state index < -0.39 is 17.9 Å². The molecule has 0 saturated carbocycles. The Morgan fingerprint density at radius 2 is 0.789 bits per heavy atom. The van der Waals surface area contributed by atoms with E-state index in [-0.39, 0.29) is 43.4 Å². The number of aliphatic carboxylic acids is 3. The quantitative estimate of drug-likeness (QED) is 0.0506. The minimum absolute atomic E-state index is 0.0765. The maximum absolute atomic E-state index is 11.1. The van der Waals surface area contributed by atoms with Crippen LogP contribution in [0.4, 0.5) is 0 Å². The van der Waals surface area contributed by atoms with Gasteiger partial charge in [-0.3, -0.25) is 14.4 Å². The summed E-state index contributed by atoms with van der Waals surface area (Å²) >= 11 is 0. The molecule has 0 aliphatic heterocycles. The maximum Gasteiger partial charge on any atom is 0.309 e. The third kappa shape index (κ3) is 24.4. The SMILES string of the molecule is CCCCCCCCCCC/C=C/CCCCCCCCC[N+](CCC(=O)O)(CCC(=O)O)CCC(=O)O. The highest BCUT2D eigenvalue weighted by Crippen LogP contribution is 2.17. The Balaban J connectivity index is 3.93. The van der Waals surface area contributed by atoms with Crippen molar-refractivity contribution < 1.29 is 34.2 Å². The molecule has 0 aliphatic carbocycles. The molecule has 0 atom stereocenters. The average Bonchev–Trinajstić information content (AvgIpc) is 2.88. The molecule has 0 unspecified atom stereocenters. The third-order valence-electron chi connectivity index (χ3n) is 7.54. The highest BCUT2D eigenvalue weighted by atomic mass is 16.4. The number of hydrogen-bond donors (Lipinski definition) is 3. The van der Waals surface area contributed by atoms with Crippen LogP contribution in [0, 0.1) is 0 Å². The van der Waals surface area contributed by atoms with Gasteiger partial charge < -0.3 is 19.8 Å². The number of quaternary nitrogens is 1. The lowest BCUT2D eigenvalue weighted by atomic mass is 10.1. The van der Waals surface area contributed by atoms with Crippen molar-refractivity contribution in [2.45, 2.75) is 142 Å². The lowest BCUT2D eigenvalue weighted by Gasteiger charge is -2.38. The van der Waals surface area contributed by atoms with Crippen molar-refractivity contribution in [1.82, 2.24) is 0 Å². The molecule has 0 saturated heterocycles. The van der Waals surface area contributed by atoms with E-state index in [0.717, 1.165) is 25.7 Å². The van der Waals surface area contributed by atoms with Crippen LogP contribution in [0.1, 0.15) is 142 Å². The summed E-state index contributed by atoms with van der Waals surface area (Å²) in [6.07, 6.45) is 27.0. The van der Waals surface area contributed by atoms with Crippen LogP contribution in [-0.4, -0.2) is 63.9 Å². The van der Waals surface area contributed by atoms with E-state index in [9.17, 15) is 14.4 Å². The van der Waals surface area contributed by atoms with E-state index in [1.165, 1.54) is 89.9 Å². The highest BCUT2D eigenvalue weighted by Gasteiger charge is 2.29. The summed E-state index contributed by atoms with van der Waals surface area (Å²) in [5.74, 6) is -2.80. The van der Waals surface area contributed by atoms with Crippen molar-refractivity contribution >= 4 is 17.9 Å². The summed E-state index contributed by atoms with van der Waals surface area (Å²) in [6.45, 7) is 3.74. The predicted octanol–water partition coefficient (Wildman–Crippen LogP) is 7.83. The Hall–Kier alpha value is -1.89. The summed E-state index contributed by atoms with van der Waals surface area (Å²) in [4.78, 5) is 33.4. The molecule has 0 amide bonds. The summed E-state index contributed by atoms with van der Waals surface area (Å²) in [6, 6.07) is 0. The average molecular weight is 541 g/mol. The molecule has 0 aromatic rings. The number of carbonyl (C=O) groups is 3. The molecule has 7 heteroatoms. The molecule has 0 rings (SSSR count). The largest absolute Gasteiger partial charge is 0.481 e. The Morgan fingerprint density at radius 3 is 1.13 bits per heavy atom. The fourth-order valence-corrected chi connectivity index (χ4v) is 5.07. The zero-order valence-corrected chi connectivity index (χ0v) is 24.3. The van der Waals surface area contributed by atoms with Gasteiger partial charge in [-0.25, -0.2) is 0 Å². The number of unbranched alkanes of at least 4 members (excludes halogenated alkanes) is 16. The van der Waals surface area contributed by atoms with Gasteiger partial charge in [0.05, 0.1) is 45.4 Å². The molecule has 0 radical (unpaired) electrons. The molecule has 0 heterocycles. The van der Waals surface area contributed by atoms with Crippen molar-refractivity contribution in [1.29, 1.82) is 0 Å². The van der Waals surface area contributed by atoms with E-state index >= 15 is 0 Å². The van der Waals surface area contributed by atoms with E-state index in [1.54, 1.807) is 0 Å². The van der Waals surface area contributed by atoms with Crippen LogP contribution in [0.2, 0.25) is 0 Å². The second-order valence-electron chi connectivity index (χ2n) is 11.0. The Labute approximate surface area is 232 Å². The molecular formula is C31H58NO6+. The monoisotopic (exact) mass is 540 g/mol. The lowest BCUT2D eigenvalue weighted by molar-refractivity contribution is -0.927. The predicted molar refractivity (Wildman–Crippen MR) is 154 cm³/mol. The van der Waals surface area contributed by atoms with Crippen molar-refractivity contribution in [3.8, 4) is 0 Å². The number of nitrogens with zero attached hydrogens (tertiary/aromatic N) is 1. The molecule has 222 valence electrons. The standard InChI is InChI=1S/C31H57NO6/c1-2-3-4-5-6-7-8-9-10-11-12-13-14-15-16-17-18-19-20-21-25-32(26-22-29(33)34,27-23-30(35)36)28-24-31(37)38/h12-13H,2-11,14-28H2,1H3,(H2-,33,34,35,36,37,38)/p+1/b13-12+. The normalized spacial score (nSPS) is 11.8. The van der Waals surface area contributed by atoms with Crippen molar-refractivity contribution in [2.75, 3.05) is 26.2 Å². The van der Waals surface area contributed by atoms with E-state index in [0.29, 0.717) is 6.54 Å². The number of carboxylic acids is 3. The number of hydrogen-bond acceptors (Lipinski definition) is 3. The fraction of sp³-hybridized carbons (Fsp3) is 0.839. The van der Waals surface area contributed by atoms with Gasteiger partial charge in [0.2, 0.25) is 0 Å². The molecule has 3 N–H and O–H groups in total. The van der Waals surface area contributed by atoms with Crippen LogP contribution < -0.4 is 0 Å². The van der Waals surface area contributed by atoms with Crippen molar-refractivity contribution in [2.24, 2.45) is 0 Å². The van der Waals surface area contributed by atoms with Gasteiger partial charge in [-0.1, -0.05) is 96.1 Å². The molecule has 0 aromatic heterocycles. The smallest absolute Gasteiger partial charge is 0.309 e. The molecule has 38 heavy (non-hydrogen) atoms. The summed E-state index contributed by atoms with van der Waals surface area (Å²) in [5.41, 5.74) is 0. The molecule has 0 aromatic carbocycles.